The summed E-state index contributed by atoms with van der Waals surface area (Å²) in [4.78, 5) is 54.0. The molecule has 0 aliphatic rings. The zero-order chi connectivity index (χ0) is 19.9. The maximum atomic E-state index is 12.9. The number of rotatable bonds is 5. The van der Waals surface area contributed by atoms with Crippen LogP contribution in [0.1, 0.15) is 34.4 Å². The van der Waals surface area contributed by atoms with E-state index in [4.69, 9.17) is 0 Å². The molecule has 1 atom stereocenters. The Morgan fingerprint density at radius 3 is 2.59 bits per heavy atom. The summed E-state index contributed by atoms with van der Waals surface area (Å²) in [5, 5.41) is 2.69. The molecule has 0 saturated heterocycles. The van der Waals surface area contributed by atoms with E-state index in [1.54, 1.807) is 19.1 Å². The van der Waals surface area contributed by atoms with Gasteiger partial charge in [-0.2, -0.15) is 0 Å². The predicted octanol–water partition coefficient (Wildman–Crippen LogP) is 0.575. The average molecular weight is 389 g/mol. The Kier molecular flexibility index (Phi) is 4.83. The number of fused-ring (bicyclic) bond motifs is 1. The molecular weight excluding hydrogens is 370 g/mol. The van der Waals surface area contributed by atoms with Gasteiger partial charge >= 0.3 is 5.69 Å². The monoisotopic (exact) mass is 389 g/mol. The Morgan fingerprint density at radius 2 is 1.93 bits per heavy atom. The molecule has 10 heteroatoms. The van der Waals surface area contributed by atoms with E-state index in [0.717, 1.165) is 9.44 Å². The number of nitrogens with zero attached hydrogens (tertiary/aromatic N) is 4. The van der Waals surface area contributed by atoms with Crippen LogP contribution in [0.15, 0.2) is 28.0 Å². The van der Waals surface area contributed by atoms with Crippen molar-refractivity contribution in [3.05, 3.63) is 49.1 Å². The topological polar surface area (TPSA) is 108 Å². The standard InChI is InChI=1S/C17H19N5O4S/c1-9(14(24)12-6-5-11(27-12)7-18-10(2)23)22-8-19-15-13(22)16(25)21(4)17(26)20(15)3/h5-6,8-9H,7H2,1-4H3,(H,18,23). The number of ketones is 1. The molecule has 27 heavy (non-hydrogen) atoms. The minimum Gasteiger partial charge on any atom is -0.351 e. The van der Waals surface area contributed by atoms with Crippen molar-refractivity contribution in [3.63, 3.8) is 0 Å². The molecule has 0 spiro atoms. The number of amides is 1. The van der Waals surface area contributed by atoms with Crippen molar-refractivity contribution in [1.82, 2.24) is 24.0 Å². The summed E-state index contributed by atoms with van der Waals surface area (Å²) < 4.78 is 3.77. The zero-order valence-electron chi connectivity index (χ0n) is 15.3. The van der Waals surface area contributed by atoms with E-state index in [1.807, 2.05) is 0 Å². The van der Waals surface area contributed by atoms with E-state index in [1.165, 1.54) is 47.8 Å². The molecule has 0 aromatic carbocycles. The van der Waals surface area contributed by atoms with Gasteiger partial charge in [-0.15, -0.1) is 11.3 Å². The van der Waals surface area contributed by atoms with Crippen LogP contribution in [-0.2, 0) is 25.4 Å². The first-order valence-electron chi connectivity index (χ1n) is 8.22. The van der Waals surface area contributed by atoms with Crippen molar-refractivity contribution < 1.29 is 9.59 Å². The van der Waals surface area contributed by atoms with E-state index in [-0.39, 0.29) is 22.9 Å². The van der Waals surface area contributed by atoms with Crippen molar-refractivity contribution in [2.75, 3.05) is 0 Å². The van der Waals surface area contributed by atoms with Crippen LogP contribution < -0.4 is 16.6 Å². The van der Waals surface area contributed by atoms with E-state index in [2.05, 4.69) is 10.3 Å². The molecule has 0 aliphatic carbocycles. The lowest BCUT2D eigenvalue weighted by atomic mass is 10.2. The fraction of sp³-hybridized carbons (Fsp3) is 0.353. The fourth-order valence-electron chi connectivity index (χ4n) is 2.81. The third-order valence-corrected chi connectivity index (χ3v) is 5.49. The van der Waals surface area contributed by atoms with E-state index >= 15 is 0 Å². The molecule has 3 heterocycles. The lowest BCUT2D eigenvalue weighted by molar-refractivity contribution is -0.119. The van der Waals surface area contributed by atoms with Crippen molar-refractivity contribution in [2.45, 2.75) is 26.4 Å². The van der Waals surface area contributed by atoms with Crippen molar-refractivity contribution in [2.24, 2.45) is 14.1 Å². The largest absolute Gasteiger partial charge is 0.351 e. The number of hydrogen-bond acceptors (Lipinski definition) is 6. The van der Waals surface area contributed by atoms with Gasteiger partial charge in [0, 0.05) is 25.9 Å². The highest BCUT2D eigenvalue weighted by Gasteiger charge is 2.23. The molecule has 0 radical (unpaired) electrons. The van der Waals surface area contributed by atoms with Gasteiger partial charge in [0.15, 0.2) is 16.9 Å². The fourth-order valence-corrected chi connectivity index (χ4v) is 3.78. The third-order valence-electron chi connectivity index (χ3n) is 4.39. The number of thiophene rings is 1. The first-order chi connectivity index (χ1) is 12.7. The lowest BCUT2D eigenvalue weighted by Gasteiger charge is -2.12. The molecule has 0 saturated carbocycles. The molecular formula is C17H19N5O4S. The molecule has 3 aromatic rings. The number of nitrogens with one attached hydrogen (secondary N) is 1. The van der Waals surface area contributed by atoms with Gasteiger partial charge in [0.05, 0.1) is 23.8 Å². The number of carbonyl (C=O) groups is 2. The Labute approximate surface area is 157 Å². The van der Waals surface area contributed by atoms with Crippen LogP contribution in [0, 0.1) is 0 Å². The molecule has 1 amide bonds. The Morgan fingerprint density at radius 1 is 1.22 bits per heavy atom. The maximum absolute atomic E-state index is 12.9. The number of imidazole rings is 1. The number of aryl methyl sites for hydroxylation is 1. The second kappa shape index (κ2) is 6.95. The Hall–Kier alpha value is -3.01. The minimum atomic E-state index is -0.674. The summed E-state index contributed by atoms with van der Waals surface area (Å²) in [6, 6.07) is 2.82. The zero-order valence-corrected chi connectivity index (χ0v) is 16.2. The van der Waals surface area contributed by atoms with Crippen LogP contribution in [0.4, 0.5) is 0 Å². The second-order valence-electron chi connectivity index (χ2n) is 6.25. The first-order valence-corrected chi connectivity index (χ1v) is 9.04. The van der Waals surface area contributed by atoms with Crippen molar-refractivity contribution >= 4 is 34.2 Å². The SMILES string of the molecule is CC(=O)NCc1ccc(C(=O)C(C)n2cnc3c2c(=O)n(C)c(=O)n3C)s1. The molecule has 3 rings (SSSR count). The molecule has 142 valence electrons. The Bertz CT molecular complexity index is 1170. The van der Waals surface area contributed by atoms with Crippen LogP contribution in [0.25, 0.3) is 11.2 Å². The van der Waals surface area contributed by atoms with Crippen LogP contribution >= 0.6 is 11.3 Å². The quantitative estimate of drug-likeness (QED) is 0.642. The number of aromatic nitrogens is 4. The van der Waals surface area contributed by atoms with E-state index in [0.29, 0.717) is 11.4 Å². The molecule has 1 N–H and O–H groups in total. The lowest BCUT2D eigenvalue weighted by Crippen LogP contribution is -2.38. The number of Topliss-reactive ketones (excluding diaryl/α,β-unsaturated/α-hetero) is 1. The van der Waals surface area contributed by atoms with Gasteiger partial charge in [0.2, 0.25) is 5.91 Å². The van der Waals surface area contributed by atoms with Gasteiger partial charge in [-0.05, 0) is 19.1 Å². The highest BCUT2D eigenvalue weighted by molar-refractivity contribution is 7.14. The van der Waals surface area contributed by atoms with Crippen LogP contribution in [0.2, 0.25) is 0 Å². The van der Waals surface area contributed by atoms with Gasteiger partial charge < -0.3 is 9.88 Å². The summed E-state index contributed by atoms with van der Waals surface area (Å²) in [6.45, 7) is 3.47. The van der Waals surface area contributed by atoms with Crippen LogP contribution in [-0.4, -0.2) is 30.4 Å². The maximum Gasteiger partial charge on any atom is 0.332 e. The normalized spacial score (nSPS) is 12.3. The van der Waals surface area contributed by atoms with E-state index in [9.17, 15) is 19.2 Å². The van der Waals surface area contributed by atoms with Gasteiger partial charge in [-0.1, -0.05) is 0 Å². The highest BCUT2D eigenvalue weighted by Crippen LogP contribution is 2.23. The smallest absolute Gasteiger partial charge is 0.332 e. The molecule has 1 unspecified atom stereocenters. The van der Waals surface area contributed by atoms with Crippen LogP contribution in [0.3, 0.4) is 0 Å². The van der Waals surface area contributed by atoms with Crippen molar-refractivity contribution in [1.29, 1.82) is 0 Å². The number of carbonyl (C=O) groups excluding carboxylic acids is 2. The average Bonchev–Trinajstić information content (AvgIpc) is 3.28. The summed E-state index contributed by atoms with van der Waals surface area (Å²) in [5.74, 6) is -0.319. The molecule has 0 bridgehead atoms. The molecule has 9 nitrogen and oxygen atoms in total. The van der Waals surface area contributed by atoms with Gasteiger partial charge in [-0.3, -0.25) is 23.5 Å². The van der Waals surface area contributed by atoms with Crippen molar-refractivity contribution in [3.8, 4) is 0 Å². The molecule has 0 fully saturated rings. The predicted molar refractivity (Wildman–Crippen MR) is 101 cm³/mol. The van der Waals surface area contributed by atoms with Gasteiger partial charge in [-0.25, -0.2) is 9.78 Å². The molecule has 0 aliphatic heterocycles. The Balaban J connectivity index is 1.98. The minimum absolute atomic E-state index is 0.143. The first kappa shape index (κ1) is 18.8. The van der Waals surface area contributed by atoms with Crippen LogP contribution in [0.5, 0.6) is 0 Å². The molecule has 3 aromatic heterocycles. The second-order valence-corrected chi connectivity index (χ2v) is 7.41. The van der Waals surface area contributed by atoms with Gasteiger partial charge in [0.25, 0.3) is 5.56 Å². The summed E-state index contributed by atoms with van der Waals surface area (Å²) in [7, 11) is 2.92. The summed E-state index contributed by atoms with van der Waals surface area (Å²) >= 11 is 1.29. The third kappa shape index (κ3) is 3.23. The summed E-state index contributed by atoms with van der Waals surface area (Å²) in [6.07, 6.45) is 1.40. The highest BCUT2D eigenvalue weighted by atomic mass is 32.1. The number of hydrogen-bond donors (Lipinski definition) is 1. The van der Waals surface area contributed by atoms with E-state index < -0.39 is 17.3 Å². The summed E-state index contributed by atoms with van der Waals surface area (Å²) in [5.41, 5.74) is -0.531. The van der Waals surface area contributed by atoms with Gasteiger partial charge in [0.1, 0.15) is 0 Å².